The lowest BCUT2D eigenvalue weighted by molar-refractivity contribution is 0.0828. The normalized spacial score (nSPS) is 10.8. The quantitative estimate of drug-likeness (QED) is 0.417. The first-order valence-electron chi connectivity index (χ1n) is 10.4. The number of aryl methyl sites for hydroxylation is 1. The minimum atomic E-state index is -0.00835. The van der Waals surface area contributed by atoms with E-state index in [9.17, 15) is 4.79 Å². The smallest absolute Gasteiger partial charge is 0.253 e. The first-order valence-corrected chi connectivity index (χ1v) is 11.3. The molecule has 0 saturated carbocycles. The van der Waals surface area contributed by atoms with E-state index < -0.39 is 0 Å². The predicted molar refractivity (Wildman–Crippen MR) is 132 cm³/mol. The summed E-state index contributed by atoms with van der Waals surface area (Å²) in [5.74, 6) is 2.65. The molecule has 0 radical (unpaired) electrons. The summed E-state index contributed by atoms with van der Waals surface area (Å²) in [7, 11) is 6.75. The molecule has 0 fully saturated rings. The molecule has 0 saturated heterocycles. The molecule has 0 bridgehead atoms. The Morgan fingerprint density at radius 2 is 1.76 bits per heavy atom. The van der Waals surface area contributed by atoms with Gasteiger partial charge in [-0.3, -0.25) is 4.79 Å². The molecular weight excluding hydrogens is 436 g/mol. The molecule has 33 heavy (non-hydrogen) atoms. The van der Waals surface area contributed by atoms with Gasteiger partial charge >= 0.3 is 0 Å². The Bertz CT molecular complexity index is 1320. The van der Waals surface area contributed by atoms with Crippen LogP contribution < -0.4 is 14.8 Å². The summed E-state index contributed by atoms with van der Waals surface area (Å²) >= 11 is 1.65. The van der Waals surface area contributed by atoms with Crippen LogP contribution in [-0.4, -0.2) is 49.1 Å². The Morgan fingerprint density at radius 1 is 1.03 bits per heavy atom. The van der Waals surface area contributed by atoms with Crippen molar-refractivity contribution in [2.45, 2.75) is 13.5 Å². The lowest BCUT2D eigenvalue weighted by Gasteiger charge is -2.13. The van der Waals surface area contributed by atoms with Gasteiger partial charge < -0.3 is 19.7 Å². The number of aromatic nitrogens is 2. The molecule has 0 spiro atoms. The van der Waals surface area contributed by atoms with E-state index in [1.807, 2.05) is 43.3 Å². The van der Waals surface area contributed by atoms with Gasteiger partial charge in [0.2, 0.25) is 0 Å². The molecule has 170 valence electrons. The molecule has 0 aliphatic heterocycles. The number of methoxy groups -OCH3 is 2. The third-order valence-electron chi connectivity index (χ3n) is 5.23. The van der Waals surface area contributed by atoms with E-state index in [2.05, 4.69) is 27.4 Å². The number of hydrogen-bond donors (Lipinski definition) is 1. The van der Waals surface area contributed by atoms with Crippen molar-refractivity contribution in [1.29, 1.82) is 0 Å². The molecule has 0 atom stereocenters. The minimum absolute atomic E-state index is 0.00835. The van der Waals surface area contributed by atoms with Gasteiger partial charge in [-0.2, -0.15) is 0 Å². The highest BCUT2D eigenvalue weighted by Gasteiger charge is 2.16. The number of nitrogens with zero attached hydrogens (tertiary/aromatic N) is 3. The monoisotopic (exact) mass is 462 g/mol. The summed E-state index contributed by atoms with van der Waals surface area (Å²) in [6.07, 6.45) is 0. The van der Waals surface area contributed by atoms with Gasteiger partial charge in [0, 0.05) is 46.4 Å². The van der Waals surface area contributed by atoms with Crippen LogP contribution in [0.5, 0.6) is 11.5 Å². The third kappa shape index (κ3) is 4.61. The van der Waals surface area contributed by atoms with E-state index in [0.29, 0.717) is 29.4 Å². The average molecular weight is 463 g/mol. The largest absolute Gasteiger partial charge is 0.493 e. The number of nitrogens with one attached hydrogen (secondary N) is 1. The maximum absolute atomic E-state index is 12.6. The number of carbonyl (C=O) groups excluding carboxylic acids is 1. The molecule has 7 nitrogen and oxygen atoms in total. The number of carbonyl (C=O) groups is 1. The van der Waals surface area contributed by atoms with E-state index in [1.165, 1.54) is 0 Å². The van der Waals surface area contributed by atoms with Gasteiger partial charge in [0.15, 0.2) is 11.5 Å². The van der Waals surface area contributed by atoms with Crippen molar-refractivity contribution in [3.05, 3.63) is 64.8 Å². The SMILES string of the molecule is COc1cc2nc(C)nc(NCc3ccc(-c4ccccc4C(=O)N(C)C)s3)c2cc1OC. The molecule has 2 aromatic carbocycles. The van der Waals surface area contributed by atoms with Crippen LogP contribution in [0.4, 0.5) is 5.82 Å². The summed E-state index contributed by atoms with van der Waals surface area (Å²) in [6.45, 7) is 2.46. The molecule has 1 amide bonds. The highest BCUT2D eigenvalue weighted by Crippen LogP contribution is 2.35. The highest BCUT2D eigenvalue weighted by molar-refractivity contribution is 7.15. The fourth-order valence-corrected chi connectivity index (χ4v) is 4.61. The van der Waals surface area contributed by atoms with Gasteiger partial charge in [0.05, 0.1) is 26.3 Å². The number of benzene rings is 2. The Labute approximate surface area is 197 Å². The Hall–Kier alpha value is -3.65. The summed E-state index contributed by atoms with van der Waals surface area (Å²) < 4.78 is 10.9. The second-order valence-electron chi connectivity index (χ2n) is 7.71. The summed E-state index contributed by atoms with van der Waals surface area (Å²) in [6, 6.07) is 15.6. The Kier molecular flexibility index (Phi) is 6.46. The van der Waals surface area contributed by atoms with Gasteiger partial charge in [-0.25, -0.2) is 9.97 Å². The van der Waals surface area contributed by atoms with Crippen LogP contribution in [0, 0.1) is 6.92 Å². The number of thiophene rings is 1. The molecular formula is C25H26N4O3S. The number of amides is 1. The van der Waals surface area contributed by atoms with Crippen LogP contribution in [0.3, 0.4) is 0 Å². The molecule has 2 heterocycles. The molecule has 8 heteroatoms. The molecule has 4 aromatic rings. The van der Waals surface area contributed by atoms with Crippen molar-refractivity contribution in [3.8, 4) is 21.9 Å². The van der Waals surface area contributed by atoms with E-state index >= 15 is 0 Å². The zero-order chi connectivity index (χ0) is 23.5. The summed E-state index contributed by atoms with van der Waals surface area (Å²) in [5, 5.41) is 4.30. The topological polar surface area (TPSA) is 76.6 Å². The summed E-state index contributed by atoms with van der Waals surface area (Å²) in [4.78, 5) is 25.5. The third-order valence-corrected chi connectivity index (χ3v) is 6.35. The van der Waals surface area contributed by atoms with Gasteiger partial charge in [-0.05, 0) is 31.2 Å². The summed E-state index contributed by atoms with van der Waals surface area (Å²) in [5.41, 5.74) is 2.42. The predicted octanol–water partition coefficient (Wildman–Crippen LogP) is 5.00. The average Bonchev–Trinajstić information content (AvgIpc) is 3.29. The van der Waals surface area contributed by atoms with Crippen LogP contribution in [0.2, 0.25) is 0 Å². The van der Waals surface area contributed by atoms with Crippen LogP contribution in [0.1, 0.15) is 21.1 Å². The molecule has 0 aliphatic rings. The lowest BCUT2D eigenvalue weighted by atomic mass is 10.1. The van der Waals surface area contributed by atoms with Crippen LogP contribution in [0.25, 0.3) is 21.3 Å². The first kappa shape index (κ1) is 22.5. The van der Waals surface area contributed by atoms with Crippen molar-refractivity contribution < 1.29 is 14.3 Å². The van der Waals surface area contributed by atoms with E-state index in [1.54, 1.807) is 44.6 Å². The standard InChI is InChI=1S/C25H26N4O3S/c1-15-27-20-13-22(32-5)21(31-4)12-19(20)24(28-15)26-14-16-10-11-23(33-16)17-8-6-7-9-18(17)25(30)29(2)3/h6-13H,14H2,1-5H3,(H,26,27,28). The van der Waals surface area contributed by atoms with Crippen molar-refractivity contribution in [3.63, 3.8) is 0 Å². The second kappa shape index (κ2) is 9.46. The van der Waals surface area contributed by atoms with Crippen LogP contribution in [0.15, 0.2) is 48.5 Å². The van der Waals surface area contributed by atoms with E-state index in [4.69, 9.17) is 9.47 Å². The fraction of sp³-hybridized carbons (Fsp3) is 0.240. The van der Waals surface area contributed by atoms with Gasteiger partial charge in [0.1, 0.15) is 11.6 Å². The number of fused-ring (bicyclic) bond motifs is 1. The van der Waals surface area contributed by atoms with Crippen molar-refractivity contribution in [1.82, 2.24) is 14.9 Å². The molecule has 2 aromatic heterocycles. The number of rotatable bonds is 7. The van der Waals surface area contributed by atoms with E-state index in [-0.39, 0.29) is 5.91 Å². The number of anilines is 1. The number of hydrogen-bond acceptors (Lipinski definition) is 7. The minimum Gasteiger partial charge on any atom is -0.493 e. The van der Waals surface area contributed by atoms with Crippen molar-refractivity contribution in [2.75, 3.05) is 33.6 Å². The first-order chi connectivity index (χ1) is 15.9. The maximum atomic E-state index is 12.6. The molecule has 1 N–H and O–H groups in total. The van der Waals surface area contributed by atoms with Crippen molar-refractivity contribution in [2.24, 2.45) is 0 Å². The van der Waals surface area contributed by atoms with Gasteiger partial charge in [-0.1, -0.05) is 18.2 Å². The van der Waals surface area contributed by atoms with Gasteiger partial charge in [-0.15, -0.1) is 11.3 Å². The van der Waals surface area contributed by atoms with Gasteiger partial charge in [0.25, 0.3) is 5.91 Å². The second-order valence-corrected chi connectivity index (χ2v) is 8.88. The molecule has 0 unspecified atom stereocenters. The van der Waals surface area contributed by atoms with Crippen molar-refractivity contribution >= 4 is 34.0 Å². The van der Waals surface area contributed by atoms with Crippen LogP contribution >= 0.6 is 11.3 Å². The molecule has 4 rings (SSSR count). The Balaban J connectivity index is 1.62. The Morgan fingerprint density at radius 3 is 2.48 bits per heavy atom. The fourth-order valence-electron chi connectivity index (χ4n) is 3.62. The maximum Gasteiger partial charge on any atom is 0.253 e. The zero-order valence-electron chi connectivity index (χ0n) is 19.3. The highest BCUT2D eigenvalue weighted by atomic mass is 32.1. The number of ether oxygens (including phenoxy) is 2. The zero-order valence-corrected chi connectivity index (χ0v) is 20.1. The molecule has 0 aliphatic carbocycles. The lowest BCUT2D eigenvalue weighted by Crippen LogP contribution is -2.22. The van der Waals surface area contributed by atoms with E-state index in [0.717, 1.165) is 32.0 Å². The van der Waals surface area contributed by atoms with Crippen LogP contribution in [-0.2, 0) is 6.54 Å².